The third-order valence-corrected chi connectivity index (χ3v) is 2.57. The first-order valence-electron chi connectivity index (χ1n) is 7.26. The van der Waals surface area contributed by atoms with Gasteiger partial charge in [-0.3, -0.25) is 0 Å². The van der Waals surface area contributed by atoms with Gasteiger partial charge in [0.2, 0.25) is 0 Å². The number of rotatable bonds is 11. The summed E-state index contributed by atoms with van der Waals surface area (Å²) >= 11 is 0. The molecule has 0 saturated carbocycles. The Labute approximate surface area is 136 Å². The molecule has 0 radical (unpaired) electrons. The van der Waals surface area contributed by atoms with E-state index in [1.54, 1.807) is 13.8 Å². The minimum absolute atomic E-state index is 0.119. The molecule has 0 aliphatic heterocycles. The molecule has 0 rings (SSSR count). The first-order chi connectivity index (χ1) is 10.5. The Bertz CT molecular complexity index is 418. The van der Waals surface area contributed by atoms with Crippen LogP contribution in [-0.2, 0) is 28.8 Å². The normalized spacial score (nSPS) is 14.0. The van der Waals surface area contributed by atoms with Crippen molar-refractivity contribution in [1.29, 1.82) is 0 Å². The minimum Gasteiger partial charge on any atom is -0.460 e. The zero-order chi connectivity index (χ0) is 18.1. The summed E-state index contributed by atoms with van der Waals surface area (Å²) < 4.78 is 14.6. The van der Waals surface area contributed by atoms with Crippen LogP contribution >= 0.6 is 0 Å². The third-order valence-electron chi connectivity index (χ3n) is 2.57. The van der Waals surface area contributed by atoms with Gasteiger partial charge < -0.3 is 19.3 Å². The maximum absolute atomic E-state index is 11.2. The largest absolute Gasteiger partial charge is 0.510 e. The Kier molecular flexibility index (Phi) is 8.81. The van der Waals surface area contributed by atoms with Crippen LogP contribution in [0.25, 0.3) is 0 Å². The predicted molar refractivity (Wildman–Crippen MR) is 80.4 cm³/mol. The van der Waals surface area contributed by atoms with Gasteiger partial charge in [0.05, 0.1) is 12.2 Å². The van der Waals surface area contributed by atoms with Crippen molar-refractivity contribution in [2.24, 2.45) is 0 Å². The van der Waals surface area contributed by atoms with E-state index in [4.69, 9.17) is 24.4 Å². The second kappa shape index (κ2) is 9.49. The van der Waals surface area contributed by atoms with Gasteiger partial charge in [-0.1, -0.05) is 19.9 Å². The lowest BCUT2D eigenvalue weighted by atomic mass is 10.0. The molecule has 0 spiro atoms. The Morgan fingerprint density at radius 3 is 2.22 bits per heavy atom. The Hall–Kier alpha value is -1.64. The van der Waals surface area contributed by atoms with Gasteiger partial charge in [-0.2, -0.15) is 4.89 Å². The Balaban J connectivity index is 4.51. The first kappa shape index (κ1) is 21.4. The molecule has 0 heterocycles. The fourth-order valence-electron chi connectivity index (χ4n) is 1.55. The van der Waals surface area contributed by atoms with Crippen molar-refractivity contribution in [3.05, 3.63) is 12.2 Å². The fourth-order valence-corrected chi connectivity index (χ4v) is 1.55. The summed E-state index contributed by atoms with van der Waals surface area (Å²) in [7, 11) is 0. The van der Waals surface area contributed by atoms with Gasteiger partial charge in [-0.25, -0.2) is 14.5 Å². The van der Waals surface area contributed by atoms with Crippen molar-refractivity contribution < 1.29 is 38.7 Å². The molecule has 0 aromatic heterocycles. The van der Waals surface area contributed by atoms with Crippen LogP contribution in [-0.4, -0.2) is 42.0 Å². The maximum atomic E-state index is 11.2. The number of hydrogen-bond donors (Lipinski definition) is 1. The van der Waals surface area contributed by atoms with E-state index < -0.39 is 23.7 Å². The van der Waals surface area contributed by atoms with Gasteiger partial charge in [0.15, 0.2) is 0 Å². The molecule has 0 amide bonds. The molecular weight excluding hydrogens is 308 g/mol. The van der Waals surface area contributed by atoms with Crippen molar-refractivity contribution in [2.75, 3.05) is 13.2 Å². The summed E-state index contributed by atoms with van der Waals surface area (Å²) in [6.45, 7) is 11.5. The van der Waals surface area contributed by atoms with Gasteiger partial charge in [-0.05, 0) is 27.2 Å². The number of hydrogen-bond acceptors (Lipinski definition) is 7. The second-order valence-corrected chi connectivity index (χ2v) is 5.67. The molecule has 23 heavy (non-hydrogen) atoms. The van der Waals surface area contributed by atoms with Crippen molar-refractivity contribution >= 4 is 12.1 Å². The molecule has 1 N–H and O–H groups in total. The summed E-state index contributed by atoms with van der Waals surface area (Å²) in [5, 5.41) is 8.76. The number of carbonyl (C=O) groups is 2. The average molecular weight is 334 g/mol. The molecule has 1 atom stereocenters. The van der Waals surface area contributed by atoms with E-state index in [2.05, 4.69) is 11.3 Å². The smallest absolute Gasteiger partial charge is 0.460 e. The van der Waals surface area contributed by atoms with E-state index in [1.807, 2.05) is 6.92 Å². The lowest BCUT2D eigenvalue weighted by molar-refractivity contribution is -0.512. The second-order valence-electron chi connectivity index (χ2n) is 5.67. The molecule has 0 bridgehead atoms. The SMILES string of the molecule is C=C(C)C(=O)OCCOC(C)(OOC(C)(C)CCC)OC(=O)O. The highest BCUT2D eigenvalue weighted by atomic mass is 17.3. The number of carbonyl (C=O) groups excluding carboxylic acids is 1. The highest BCUT2D eigenvalue weighted by Gasteiger charge is 2.35. The van der Waals surface area contributed by atoms with Gasteiger partial charge in [0.1, 0.15) is 6.61 Å². The van der Waals surface area contributed by atoms with Crippen LogP contribution in [0.3, 0.4) is 0 Å². The molecule has 0 aromatic carbocycles. The monoisotopic (exact) mass is 334 g/mol. The summed E-state index contributed by atoms with van der Waals surface area (Å²) in [6.07, 6.45) is -0.0555. The van der Waals surface area contributed by atoms with E-state index in [9.17, 15) is 9.59 Å². The Morgan fingerprint density at radius 1 is 1.13 bits per heavy atom. The fraction of sp³-hybridized carbons (Fsp3) is 0.733. The van der Waals surface area contributed by atoms with Gasteiger partial charge in [0, 0.05) is 12.5 Å². The van der Waals surface area contributed by atoms with Crippen molar-refractivity contribution in [3.63, 3.8) is 0 Å². The lowest BCUT2D eigenvalue weighted by Crippen LogP contribution is -2.41. The molecule has 0 aliphatic rings. The molecule has 0 fully saturated rings. The van der Waals surface area contributed by atoms with Crippen molar-refractivity contribution in [1.82, 2.24) is 0 Å². The molecule has 0 aromatic rings. The molecular formula is C15H26O8. The van der Waals surface area contributed by atoms with E-state index in [-0.39, 0.29) is 18.8 Å². The Morgan fingerprint density at radius 2 is 1.74 bits per heavy atom. The molecule has 0 saturated heterocycles. The molecule has 8 heteroatoms. The van der Waals surface area contributed by atoms with Crippen molar-refractivity contribution in [3.8, 4) is 0 Å². The van der Waals surface area contributed by atoms with Gasteiger partial charge >= 0.3 is 18.1 Å². The predicted octanol–water partition coefficient (Wildman–Crippen LogP) is 3.02. The van der Waals surface area contributed by atoms with Crippen LogP contribution in [0.4, 0.5) is 4.79 Å². The molecule has 1 unspecified atom stereocenters. The quantitative estimate of drug-likeness (QED) is 0.154. The zero-order valence-electron chi connectivity index (χ0n) is 14.3. The van der Waals surface area contributed by atoms with Crippen LogP contribution in [0.2, 0.25) is 0 Å². The number of esters is 1. The summed E-state index contributed by atoms with van der Waals surface area (Å²) in [6, 6.07) is 0. The summed E-state index contributed by atoms with van der Waals surface area (Å²) in [5.74, 6) is -2.55. The standard InChI is InChI=1S/C15H26O8/c1-7-8-14(4,5)22-23-15(6,21-13(17)18)20-10-9-19-12(16)11(2)3/h2,7-10H2,1,3-6H3,(H,17,18). The van der Waals surface area contributed by atoms with Gasteiger partial charge in [-0.15, -0.1) is 0 Å². The maximum Gasteiger partial charge on any atom is 0.510 e. The number of carboxylic acid groups (broad SMARTS) is 1. The lowest BCUT2D eigenvalue weighted by Gasteiger charge is -2.31. The molecule has 134 valence electrons. The highest BCUT2D eigenvalue weighted by Crippen LogP contribution is 2.23. The van der Waals surface area contributed by atoms with Crippen LogP contribution in [0.1, 0.15) is 47.5 Å². The van der Waals surface area contributed by atoms with Gasteiger partial charge in [0.25, 0.3) is 0 Å². The van der Waals surface area contributed by atoms with Crippen LogP contribution < -0.4 is 0 Å². The van der Waals surface area contributed by atoms with Crippen LogP contribution in [0.15, 0.2) is 12.2 Å². The first-order valence-corrected chi connectivity index (χ1v) is 7.26. The molecule has 8 nitrogen and oxygen atoms in total. The average Bonchev–Trinajstić information content (AvgIpc) is 2.40. The summed E-state index contributed by atoms with van der Waals surface area (Å²) in [5.41, 5.74) is -0.399. The van der Waals surface area contributed by atoms with Crippen LogP contribution in [0.5, 0.6) is 0 Å². The van der Waals surface area contributed by atoms with E-state index in [1.165, 1.54) is 13.8 Å². The highest BCUT2D eigenvalue weighted by molar-refractivity contribution is 5.86. The minimum atomic E-state index is -1.98. The van der Waals surface area contributed by atoms with E-state index >= 15 is 0 Å². The summed E-state index contributed by atoms with van der Waals surface area (Å²) in [4.78, 5) is 32.2. The molecule has 0 aliphatic carbocycles. The number of ether oxygens (including phenoxy) is 3. The zero-order valence-corrected chi connectivity index (χ0v) is 14.3. The van der Waals surface area contributed by atoms with E-state index in [0.29, 0.717) is 6.42 Å². The van der Waals surface area contributed by atoms with E-state index in [0.717, 1.165) is 6.42 Å². The van der Waals surface area contributed by atoms with Crippen LogP contribution in [0, 0.1) is 0 Å². The topological polar surface area (TPSA) is 101 Å². The third kappa shape index (κ3) is 9.88. The van der Waals surface area contributed by atoms with Crippen molar-refractivity contribution in [2.45, 2.75) is 59.0 Å².